The summed E-state index contributed by atoms with van der Waals surface area (Å²) in [6, 6.07) is 10.2. The predicted octanol–water partition coefficient (Wildman–Crippen LogP) is 5.08. The molecule has 0 aliphatic carbocycles. The molecule has 2 aromatic carbocycles. The Labute approximate surface area is 172 Å². The first kappa shape index (κ1) is 19.2. The Balaban J connectivity index is 2.13. The molecule has 3 N–H and O–H groups in total. The van der Waals surface area contributed by atoms with Gasteiger partial charge in [-0.1, -0.05) is 53.7 Å². The van der Waals surface area contributed by atoms with E-state index < -0.39 is 11.3 Å². The minimum Gasteiger partial charge on any atom is -0.508 e. The Bertz CT molecular complexity index is 1200. The molecule has 1 aromatic heterocycles. The monoisotopic (exact) mass is 393 g/mol. The molecule has 1 amide bonds. The fourth-order valence-electron chi connectivity index (χ4n) is 3.37. The molecule has 0 spiro atoms. The molecule has 0 aliphatic rings. The summed E-state index contributed by atoms with van der Waals surface area (Å²) >= 11 is 0. The lowest BCUT2D eigenvalue weighted by molar-refractivity contribution is 0.102. The van der Waals surface area contributed by atoms with Crippen LogP contribution in [0.2, 0.25) is 0 Å². The van der Waals surface area contributed by atoms with E-state index in [0.29, 0.717) is 16.6 Å². The van der Waals surface area contributed by atoms with E-state index in [-0.39, 0.29) is 28.3 Å². The average molecular weight is 394 g/mol. The van der Waals surface area contributed by atoms with Crippen LogP contribution in [0.25, 0.3) is 10.9 Å². The van der Waals surface area contributed by atoms with Crippen LogP contribution in [0.1, 0.15) is 64.4 Å². The highest BCUT2D eigenvalue weighted by atomic mass is 16.3. The molecule has 5 heteroatoms. The van der Waals surface area contributed by atoms with Crippen LogP contribution < -0.4 is 10.7 Å². The minimum atomic E-state index is -0.680. The third kappa shape index (κ3) is 4.04. The van der Waals surface area contributed by atoms with Crippen LogP contribution in [0.15, 0.2) is 47.4 Å². The van der Waals surface area contributed by atoms with E-state index in [9.17, 15) is 14.7 Å². The predicted molar refractivity (Wildman–Crippen MR) is 118 cm³/mol. The van der Waals surface area contributed by atoms with E-state index in [1.54, 1.807) is 24.3 Å². The van der Waals surface area contributed by atoms with Crippen molar-refractivity contribution in [3.8, 4) is 5.75 Å². The number of hydrogen-bond donors (Lipinski definition) is 3. The molecule has 0 saturated heterocycles. The zero-order valence-electron chi connectivity index (χ0n) is 18.7. The first-order chi connectivity index (χ1) is 13.8. The van der Waals surface area contributed by atoms with Gasteiger partial charge in [-0.2, -0.15) is 0 Å². The van der Waals surface area contributed by atoms with Crippen LogP contribution in [-0.4, -0.2) is 16.0 Å². The molecule has 5 nitrogen and oxygen atoms in total. The third-order valence-corrected chi connectivity index (χ3v) is 4.95. The highest BCUT2D eigenvalue weighted by Crippen LogP contribution is 2.39. The van der Waals surface area contributed by atoms with Gasteiger partial charge in [0.1, 0.15) is 11.3 Å². The number of aromatic nitrogens is 1. The van der Waals surface area contributed by atoms with Crippen molar-refractivity contribution in [3.63, 3.8) is 0 Å². The number of phenols is 1. The van der Waals surface area contributed by atoms with Crippen LogP contribution in [0.5, 0.6) is 5.75 Å². The molecule has 1 heterocycles. The molecule has 152 valence electrons. The van der Waals surface area contributed by atoms with Crippen LogP contribution >= 0.6 is 0 Å². The van der Waals surface area contributed by atoms with E-state index in [0.717, 1.165) is 11.1 Å². The van der Waals surface area contributed by atoms with Gasteiger partial charge in [-0.05, 0) is 40.2 Å². The number of aromatic amines is 1. The Hall–Kier alpha value is -3.08. The van der Waals surface area contributed by atoms with E-state index in [1.807, 2.05) is 47.6 Å². The van der Waals surface area contributed by atoms with Gasteiger partial charge in [0.15, 0.2) is 0 Å². The summed E-state index contributed by atoms with van der Waals surface area (Å²) < 4.78 is 8.16. The highest BCUT2D eigenvalue weighted by Gasteiger charge is 2.26. The number of anilines is 1. The van der Waals surface area contributed by atoms with E-state index in [4.69, 9.17) is 1.37 Å². The maximum absolute atomic E-state index is 13.0. The number of hydrogen-bond acceptors (Lipinski definition) is 3. The second kappa shape index (κ2) is 7.07. The summed E-state index contributed by atoms with van der Waals surface area (Å²) in [4.78, 5) is 28.7. The van der Waals surface area contributed by atoms with Gasteiger partial charge in [0, 0.05) is 28.8 Å². The number of amides is 1. The Morgan fingerprint density at radius 1 is 1.03 bits per heavy atom. The van der Waals surface area contributed by atoms with Crippen molar-refractivity contribution >= 4 is 22.5 Å². The average Bonchev–Trinajstić information content (AvgIpc) is 2.59. The van der Waals surface area contributed by atoms with E-state index in [1.165, 1.54) is 6.07 Å². The van der Waals surface area contributed by atoms with Gasteiger partial charge in [-0.3, -0.25) is 9.59 Å². The number of H-pyrrole nitrogens is 1. The van der Waals surface area contributed by atoms with Crippen LogP contribution in [0.3, 0.4) is 0 Å². The molecule has 29 heavy (non-hydrogen) atoms. The molecule has 3 rings (SSSR count). The Morgan fingerprint density at radius 2 is 1.66 bits per heavy atom. The summed E-state index contributed by atoms with van der Waals surface area (Å²) in [7, 11) is 0. The van der Waals surface area contributed by atoms with Gasteiger partial charge >= 0.3 is 0 Å². The molecule has 0 saturated carbocycles. The highest BCUT2D eigenvalue weighted by molar-refractivity contribution is 6.06. The van der Waals surface area contributed by atoms with Gasteiger partial charge in [-0.25, -0.2) is 0 Å². The standard InChI is InChI=1S/C24H28N2O3/c1-23(2,3)16-11-17(24(4,5)6)20(27)12-19(16)26-22(29)15-13-25-18-10-8-7-9-14(18)21(15)28/h7-13,27H,1-6H3,(H,25,28)(H,26,29)/i13D. The summed E-state index contributed by atoms with van der Waals surface area (Å²) in [6.07, 6.45) is -0.246. The molecule has 0 atom stereocenters. The number of nitrogens with one attached hydrogen (secondary N) is 2. The Kier molecular flexibility index (Phi) is 4.69. The molecule has 0 bridgehead atoms. The van der Waals surface area contributed by atoms with Crippen LogP contribution in [-0.2, 0) is 10.8 Å². The van der Waals surface area contributed by atoms with Gasteiger partial charge in [-0.15, -0.1) is 0 Å². The fourth-order valence-corrected chi connectivity index (χ4v) is 3.37. The van der Waals surface area contributed by atoms with Gasteiger partial charge in [0.25, 0.3) is 5.91 Å². The van der Waals surface area contributed by atoms with Crippen molar-refractivity contribution in [2.24, 2.45) is 0 Å². The fraction of sp³-hybridized carbons (Fsp3) is 0.333. The number of phenolic OH excluding ortho intramolecular Hbond substituents is 1. The van der Waals surface area contributed by atoms with Gasteiger partial charge < -0.3 is 15.4 Å². The largest absolute Gasteiger partial charge is 0.508 e. The molecule has 0 fully saturated rings. The zero-order valence-corrected chi connectivity index (χ0v) is 17.7. The molecular formula is C24H28N2O3. The SMILES string of the molecule is [2H]c1[nH]c2ccccc2c(=O)c1C(=O)Nc1cc(O)c(C(C)(C)C)cc1C(C)(C)C. The van der Waals surface area contributed by atoms with Crippen molar-refractivity contribution < 1.29 is 11.3 Å². The zero-order chi connectivity index (χ0) is 22.4. The number of fused-ring (bicyclic) bond motifs is 1. The van der Waals surface area contributed by atoms with Crippen molar-refractivity contribution in [2.45, 2.75) is 52.4 Å². The number of carbonyl (C=O) groups is 1. The van der Waals surface area contributed by atoms with Crippen molar-refractivity contribution in [2.75, 3.05) is 5.32 Å². The summed E-state index contributed by atoms with van der Waals surface area (Å²) in [5.74, 6) is -0.607. The molecule has 0 aliphatic heterocycles. The maximum Gasteiger partial charge on any atom is 0.261 e. The second-order valence-corrected chi connectivity index (χ2v) is 9.37. The number of para-hydroxylation sites is 1. The molecule has 0 unspecified atom stereocenters. The molecular weight excluding hydrogens is 364 g/mol. The number of pyridine rings is 1. The summed E-state index contributed by atoms with van der Waals surface area (Å²) in [6.45, 7) is 12.1. The molecule has 0 radical (unpaired) electrons. The van der Waals surface area contributed by atoms with E-state index in [2.05, 4.69) is 10.3 Å². The first-order valence-corrected chi connectivity index (χ1v) is 9.61. The topological polar surface area (TPSA) is 82.2 Å². The number of rotatable bonds is 2. The smallest absolute Gasteiger partial charge is 0.261 e. The summed E-state index contributed by atoms with van der Waals surface area (Å²) in [5.41, 5.74) is 1.17. The molecule has 3 aromatic rings. The normalized spacial score (nSPS) is 12.7. The van der Waals surface area contributed by atoms with Crippen LogP contribution in [0.4, 0.5) is 5.69 Å². The van der Waals surface area contributed by atoms with Gasteiger partial charge in [0.2, 0.25) is 5.43 Å². The number of carbonyl (C=O) groups excluding carboxylic acids is 1. The summed E-state index contributed by atoms with van der Waals surface area (Å²) in [5, 5.41) is 13.7. The van der Waals surface area contributed by atoms with Crippen molar-refractivity contribution in [1.82, 2.24) is 4.98 Å². The maximum atomic E-state index is 13.0. The number of aromatic hydroxyl groups is 1. The first-order valence-electron chi connectivity index (χ1n) is 10.1. The van der Waals surface area contributed by atoms with Gasteiger partial charge in [0.05, 0.1) is 1.37 Å². The quantitative estimate of drug-likeness (QED) is 0.568. The second-order valence-electron chi connectivity index (χ2n) is 9.37. The lowest BCUT2D eigenvalue weighted by atomic mass is 9.79. The lowest BCUT2D eigenvalue weighted by Crippen LogP contribution is -2.25. The van der Waals surface area contributed by atoms with Crippen molar-refractivity contribution in [3.05, 3.63) is 69.5 Å². The van der Waals surface area contributed by atoms with E-state index >= 15 is 0 Å². The minimum absolute atomic E-state index is 0.0734. The Morgan fingerprint density at radius 3 is 2.28 bits per heavy atom. The van der Waals surface area contributed by atoms with Crippen LogP contribution in [0, 0.1) is 0 Å². The number of benzene rings is 2. The van der Waals surface area contributed by atoms with Crippen molar-refractivity contribution in [1.29, 1.82) is 0 Å². The third-order valence-electron chi connectivity index (χ3n) is 4.95. The lowest BCUT2D eigenvalue weighted by Gasteiger charge is -2.28.